The summed E-state index contributed by atoms with van der Waals surface area (Å²) in [5.74, 6) is -2.20. The number of halogens is 3. The molecule has 0 unspecified atom stereocenters. The average Bonchev–Trinajstić information content (AvgIpc) is 3.48. The molecule has 5 rings (SSSR count). The molecule has 0 bridgehead atoms. The predicted octanol–water partition coefficient (Wildman–Crippen LogP) is 6.09. The van der Waals surface area contributed by atoms with E-state index in [2.05, 4.69) is 15.5 Å². The maximum absolute atomic E-state index is 14.1. The third-order valence-corrected chi connectivity index (χ3v) is 8.38. The van der Waals surface area contributed by atoms with Crippen LogP contribution in [0.4, 0.5) is 13.2 Å². The number of Topliss-reactive ketones (excluding diaryl/α,β-unsaturated/α-hetero) is 1. The van der Waals surface area contributed by atoms with E-state index in [9.17, 15) is 32.3 Å². The van der Waals surface area contributed by atoms with Crippen molar-refractivity contribution < 1.29 is 51.0 Å². The Morgan fingerprint density at radius 3 is 2.17 bits per heavy atom. The SMILES string of the molecule is CC(C)(C)OC(=O)C(CCn1nnc2ccc(C(F)(F)F)cc2c1=O)(CC(=O)c1noc2cc(OCC3CCOCC3)ccc12)C(=O)OC(C)(C)C. The Labute approximate surface area is 296 Å². The predicted molar refractivity (Wildman–Crippen MR) is 180 cm³/mol. The van der Waals surface area contributed by atoms with Gasteiger partial charge in [0.25, 0.3) is 5.56 Å². The fraction of sp³-hybridized carbons (Fsp3) is 0.528. The second-order valence-electron chi connectivity index (χ2n) is 14.8. The Balaban J connectivity index is 1.50. The van der Waals surface area contributed by atoms with Gasteiger partial charge in [0.2, 0.25) is 0 Å². The van der Waals surface area contributed by atoms with Crippen LogP contribution in [-0.2, 0) is 36.5 Å². The molecule has 2 aromatic carbocycles. The molecule has 1 aliphatic rings. The van der Waals surface area contributed by atoms with E-state index in [0.717, 1.165) is 29.7 Å². The summed E-state index contributed by atoms with van der Waals surface area (Å²) < 4.78 is 69.3. The van der Waals surface area contributed by atoms with Crippen molar-refractivity contribution >= 4 is 39.6 Å². The van der Waals surface area contributed by atoms with Crippen LogP contribution in [-0.4, -0.2) is 68.9 Å². The molecule has 0 aliphatic carbocycles. The summed E-state index contributed by atoms with van der Waals surface area (Å²) in [4.78, 5) is 55.7. The highest BCUT2D eigenvalue weighted by atomic mass is 19.4. The molecule has 0 radical (unpaired) electrons. The molecule has 0 atom stereocenters. The van der Waals surface area contributed by atoms with Crippen LogP contribution in [0.1, 0.15) is 83.3 Å². The first kappa shape index (κ1) is 38.4. The van der Waals surface area contributed by atoms with E-state index in [0.29, 0.717) is 42.9 Å². The molecule has 280 valence electrons. The number of hydrogen-bond acceptors (Lipinski definition) is 12. The molecule has 1 aliphatic heterocycles. The minimum absolute atomic E-state index is 0.0926. The number of alkyl halides is 3. The first-order valence-electron chi connectivity index (χ1n) is 16.8. The Bertz CT molecular complexity index is 1990. The van der Waals surface area contributed by atoms with Crippen molar-refractivity contribution in [1.82, 2.24) is 20.2 Å². The fourth-order valence-corrected chi connectivity index (χ4v) is 5.66. The first-order valence-corrected chi connectivity index (χ1v) is 16.8. The molecule has 52 heavy (non-hydrogen) atoms. The largest absolute Gasteiger partial charge is 0.493 e. The van der Waals surface area contributed by atoms with Crippen molar-refractivity contribution in [1.29, 1.82) is 0 Å². The maximum atomic E-state index is 14.1. The zero-order valence-electron chi connectivity index (χ0n) is 29.8. The van der Waals surface area contributed by atoms with Gasteiger partial charge in [0, 0.05) is 32.2 Å². The number of fused-ring (bicyclic) bond motifs is 2. The van der Waals surface area contributed by atoms with E-state index in [1.807, 2.05) is 0 Å². The number of carbonyl (C=O) groups is 3. The number of aryl methyl sites for hydroxylation is 1. The van der Waals surface area contributed by atoms with Crippen molar-refractivity contribution in [2.24, 2.45) is 11.3 Å². The normalized spacial score (nSPS) is 14.8. The van der Waals surface area contributed by atoms with E-state index in [1.54, 1.807) is 59.7 Å². The van der Waals surface area contributed by atoms with Crippen LogP contribution in [0.25, 0.3) is 21.9 Å². The highest BCUT2D eigenvalue weighted by Gasteiger charge is 2.53. The summed E-state index contributed by atoms with van der Waals surface area (Å²) >= 11 is 0. The number of ketones is 1. The summed E-state index contributed by atoms with van der Waals surface area (Å²) in [6, 6.07) is 7.27. The maximum Gasteiger partial charge on any atom is 0.416 e. The Kier molecular flexibility index (Phi) is 10.8. The summed E-state index contributed by atoms with van der Waals surface area (Å²) in [5.41, 5.74) is -6.72. The van der Waals surface area contributed by atoms with Crippen LogP contribution in [0.2, 0.25) is 0 Å². The standard InChI is InChI=1S/C36H41F3N4O9/c1-33(2,3)50-31(46)35(32(47)51-34(4,5)6,13-14-43-30(45)25-17-22(36(37,38)39)7-10-26(25)40-42-43)19-27(44)29-24-9-8-23(18-28(24)52-41-29)49-20-21-11-15-48-16-12-21/h7-10,17-18,21H,11-16,19-20H2,1-6H3. The number of carbonyl (C=O) groups excluding carboxylic acids is 3. The summed E-state index contributed by atoms with van der Waals surface area (Å²) in [6.07, 6.45) is -4.39. The summed E-state index contributed by atoms with van der Waals surface area (Å²) in [5, 5.41) is 11.6. The van der Waals surface area contributed by atoms with Crippen molar-refractivity contribution in [3.63, 3.8) is 0 Å². The van der Waals surface area contributed by atoms with Gasteiger partial charge in [-0.05, 0) is 97.1 Å². The van der Waals surface area contributed by atoms with Gasteiger partial charge in [-0.25, -0.2) is 4.68 Å². The average molecular weight is 731 g/mol. The van der Waals surface area contributed by atoms with Crippen LogP contribution < -0.4 is 10.3 Å². The van der Waals surface area contributed by atoms with Gasteiger partial charge in [-0.3, -0.25) is 19.2 Å². The second-order valence-corrected chi connectivity index (χ2v) is 14.8. The molecule has 0 spiro atoms. The monoisotopic (exact) mass is 730 g/mol. The summed E-state index contributed by atoms with van der Waals surface area (Å²) in [7, 11) is 0. The number of hydrogen-bond donors (Lipinski definition) is 0. The van der Waals surface area contributed by atoms with Gasteiger partial charge in [-0.15, -0.1) is 5.10 Å². The molecule has 4 aromatic rings. The molecule has 1 saturated heterocycles. The van der Waals surface area contributed by atoms with Crippen LogP contribution >= 0.6 is 0 Å². The molecular formula is C36H41F3N4O9. The topological polar surface area (TPSA) is 162 Å². The number of esters is 2. The van der Waals surface area contributed by atoms with Crippen molar-refractivity contribution in [2.45, 2.75) is 91.1 Å². The smallest absolute Gasteiger partial charge is 0.416 e. The number of benzene rings is 2. The lowest BCUT2D eigenvalue weighted by molar-refractivity contribution is -0.186. The van der Waals surface area contributed by atoms with Gasteiger partial charge in [-0.1, -0.05) is 10.4 Å². The number of aromatic nitrogens is 4. The molecule has 1 fully saturated rings. The zero-order chi connectivity index (χ0) is 38.1. The van der Waals surface area contributed by atoms with E-state index in [4.69, 9.17) is 23.5 Å². The lowest BCUT2D eigenvalue weighted by Crippen LogP contribution is -2.49. The lowest BCUT2D eigenvalue weighted by Gasteiger charge is -2.34. The van der Waals surface area contributed by atoms with Gasteiger partial charge in [-0.2, -0.15) is 13.2 Å². The van der Waals surface area contributed by atoms with E-state index < -0.39 is 71.0 Å². The molecule has 0 amide bonds. The van der Waals surface area contributed by atoms with Gasteiger partial charge < -0.3 is 23.5 Å². The van der Waals surface area contributed by atoms with Crippen molar-refractivity contribution in [3.8, 4) is 5.75 Å². The number of nitrogens with zero attached hydrogens (tertiary/aromatic N) is 4. The third kappa shape index (κ3) is 8.95. The van der Waals surface area contributed by atoms with Gasteiger partial charge in [0.1, 0.15) is 22.5 Å². The molecule has 2 aromatic heterocycles. The van der Waals surface area contributed by atoms with Crippen molar-refractivity contribution in [3.05, 3.63) is 58.0 Å². The molecule has 0 saturated carbocycles. The second kappa shape index (κ2) is 14.6. The Hall–Kier alpha value is -4.86. The Morgan fingerprint density at radius 2 is 1.56 bits per heavy atom. The zero-order valence-corrected chi connectivity index (χ0v) is 29.8. The van der Waals surface area contributed by atoms with Gasteiger partial charge in [0.15, 0.2) is 22.5 Å². The minimum Gasteiger partial charge on any atom is -0.493 e. The van der Waals surface area contributed by atoms with Crippen molar-refractivity contribution in [2.75, 3.05) is 19.8 Å². The molecule has 16 heteroatoms. The molecule has 0 N–H and O–H groups in total. The fourth-order valence-electron chi connectivity index (χ4n) is 5.66. The van der Waals surface area contributed by atoms with E-state index in [-0.39, 0.29) is 22.2 Å². The molecule has 3 heterocycles. The highest BCUT2D eigenvalue weighted by molar-refractivity contribution is 6.11. The van der Waals surface area contributed by atoms with Crippen LogP contribution in [0, 0.1) is 11.3 Å². The van der Waals surface area contributed by atoms with Crippen LogP contribution in [0.15, 0.2) is 45.7 Å². The first-order chi connectivity index (χ1) is 24.3. The molecular weight excluding hydrogens is 689 g/mol. The lowest BCUT2D eigenvalue weighted by atomic mass is 9.78. The van der Waals surface area contributed by atoms with Gasteiger partial charge in [0.05, 0.1) is 22.9 Å². The van der Waals surface area contributed by atoms with E-state index >= 15 is 0 Å². The molecule has 13 nitrogen and oxygen atoms in total. The summed E-state index contributed by atoms with van der Waals surface area (Å²) in [6.45, 7) is 10.7. The number of ether oxygens (including phenoxy) is 4. The van der Waals surface area contributed by atoms with Crippen LogP contribution in [0.5, 0.6) is 5.75 Å². The third-order valence-electron chi connectivity index (χ3n) is 8.38. The number of rotatable bonds is 11. The highest BCUT2D eigenvalue weighted by Crippen LogP contribution is 2.37. The quantitative estimate of drug-likeness (QED) is 0.0994. The van der Waals surface area contributed by atoms with E-state index in [1.165, 1.54) is 0 Å². The minimum atomic E-state index is -4.73. The Morgan fingerprint density at radius 1 is 0.904 bits per heavy atom. The van der Waals surface area contributed by atoms with Gasteiger partial charge >= 0.3 is 18.1 Å². The van der Waals surface area contributed by atoms with Crippen LogP contribution in [0.3, 0.4) is 0 Å².